The highest BCUT2D eigenvalue weighted by Crippen LogP contribution is 2.48. The van der Waals surface area contributed by atoms with Gasteiger partial charge in [-0.25, -0.2) is 4.98 Å². The summed E-state index contributed by atoms with van der Waals surface area (Å²) < 4.78 is 36.9. The summed E-state index contributed by atoms with van der Waals surface area (Å²) >= 11 is 0. The second-order valence-electron chi connectivity index (χ2n) is 17.2. The number of anilines is 1. The Kier molecular flexibility index (Phi) is 12.4. The van der Waals surface area contributed by atoms with Gasteiger partial charge in [-0.2, -0.15) is 0 Å². The molecule has 4 aromatic rings. The molecule has 9 atom stereocenters. The molecule has 4 aliphatic rings. The molecule has 3 N–H and O–H groups in total. The van der Waals surface area contributed by atoms with Gasteiger partial charge in [-0.05, 0) is 71.1 Å². The third-order valence-corrected chi connectivity index (χ3v) is 12.3. The van der Waals surface area contributed by atoms with E-state index < -0.39 is 71.1 Å². The van der Waals surface area contributed by atoms with Crippen molar-refractivity contribution in [2.75, 3.05) is 33.1 Å². The average molecular weight is 854 g/mol. The average Bonchev–Trinajstić information content (AvgIpc) is 3.67. The molecule has 0 saturated carbocycles. The lowest BCUT2D eigenvalue weighted by molar-refractivity contribution is -0.168. The standard InChI is InChI=1S/C47H55N3O12/c1-22-13-11-14-23(2)46(56)49-36-39(54)33-32(35-43(36)60-31-21-28(15-12-19-50(8)9)16-17-29(31)48-35)34-41(25(4)37(33)52)62-47(7,45(34)55)58-20-18-30(57-10)24(3)42(59-27(6)51)44-38(53)26(5)40(22)61-44/h11,13-14,16-18,20-22,24,26,30,38,40,42,44,53-54H,12,15,19H2,1-10H3,(H,49,56)/b13-11+,20-18+,23-14-/t22-,24+,26-,30-,38+,40-,42+,44+,47-/m0/s1. The number of amides is 1. The predicted molar refractivity (Wildman–Crippen MR) is 232 cm³/mol. The van der Waals surface area contributed by atoms with E-state index >= 15 is 0 Å². The molecule has 1 saturated heterocycles. The molecular weight excluding hydrogens is 799 g/mol. The molecule has 0 unspecified atom stereocenters. The smallest absolute Gasteiger partial charge is 0.312 e. The van der Waals surface area contributed by atoms with E-state index in [2.05, 4.69) is 10.2 Å². The number of fused-ring (bicyclic) bond motifs is 9. The Morgan fingerprint density at radius 3 is 2.48 bits per heavy atom. The van der Waals surface area contributed by atoms with Crippen molar-refractivity contribution in [3.05, 3.63) is 81.3 Å². The molecule has 0 radical (unpaired) electrons. The summed E-state index contributed by atoms with van der Waals surface area (Å²) in [5.74, 6) is -5.81. The van der Waals surface area contributed by atoms with Gasteiger partial charge in [0, 0.05) is 55.2 Å². The number of aryl methyl sites for hydroxylation is 1. The van der Waals surface area contributed by atoms with E-state index in [0.717, 1.165) is 24.9 Å². The normalized spacial score (nSPS) is 29.8. The summed E-state index contributed by atoms with van der Waals surface area (Å²) in [6.45, 7) is 12.2. The minimum absolute atomic E-state index is 0.0178. The lowest BCUT2D eigenvalue weighted by Gasteiger charge is -2.33. The van der Waals surface area contributed by atoms with Crippen LogP contribution in [0.15, 0.2) is 63.6 Å². The van der Waals surface area contributed by atoms with Crippen LogP contribution in [0.4, 0.5) is 5.69 Å². The van der Waals surface area contributed by atoms with Crippen molar-refractivity contribution < 1.29 is 52.7 Å². The zero-order valence-corrected chi connectivity index (χ0v) is 36.7. The SMILES string of the molecule is CO[C@H]1/C=C/O[C@@]2(C)Oc3c(C)c(=O)c4c(O)c(c5oc6cc(CCCN(C)C)ccc6nc5c4c3C2=O)NC(=O)/C(C)=C\C=C\[C@H](C)[C@@H]2O[C@H]([C@H](O)[C@@H]2C)[C@H](OC(C)=O)[C@@H]1C. The number of esters is 1. The van der Waals surface area contributed by atoms with Crippen molar-refractivity contribution >= 4 is 56.3 Å². The lowest BCUT2D eigenvalue weighted by Crippen LogP contribution is -2.46. The molecule has 330 valence electrons. The zero-order valence-electron chi connectivity index (χ0n) is 36.7. The number of aliphatic hydroxyl groups excluding tert-OH is 1. The monoisotopic (exact) mass is 853 g/mol. The number of phenolic OH excluding ortho intramolecular Hbond substituents is 1. The fourth-order valence-electron chi connectivity index (χ4n) is 8.78. The maximum Gasteiger partial charge on any atom is 0.312 e. The molecule has 15 nitrogen and oxygen atoms in total. The van der Waals surface area contributed by atoms with Crippen molar-refractivity contribution in [2.24, 2.45) is 17.8 Å². The molecule has 4 aliphatic heterocycles. The van der Waals surface area contributed by atoms with E-state index in [9.17, 15) is 29.4 Å². The van der Waals surface area contributed by atoms with Crippen molar-refractivity contribution in [1.29, 1.82) is 0 Å². The van der Waals surface area contributed by atoms with Gasteiger partial charge in [0.1, 0.15) is 34.7 Å². The molecule has 62 heavy (non-hydrogen) atoms. The van der Waals surface area contributed by atoms with Gasteiger partial charge in [0.15, 0.2) is 22.3 Å². The van der Waals surface area contributed by atoms with Gasteiger partial charge < -0.3 is 48.5 Å². The fraction of sp³-hybridized carbons (Fsp3) is 0.468. The van der Waals surface area contributed by atoms with E-state index in [1.54, 1.807) is 32.1 Å². The summed E-state index contributed by atoms with van der Waals surface area (Å²) in [5, 5.41) is 26.1. The molecule has 0 spiro atoms. The van der Waals surface area contributed by atoms with E-state index in [0.29, 0.717) is 11.1 Å². The number of aromatic hydroxyl groups is 1. The number of ether oxygens (including phenoxy) is 5. The van der Waals surface area contributed by atoms with Crippen LogP contribution in [-0.4, -0.2) is 102 Å². The van der Waals surface area contributed by atoms with Crippen molar-refractivity contribution in [2.45, 2.75) is 97.6 Å². The molecule has 0 aliphatic carbocycles. The third kappa shape index (κ3) is 7.98. The largest absolute Gasteiger partial charge is 0.505 e. The molecule has 3 aromatic carbocycles. The first-order chi connectivity index (χ1) is 29.4. The predicted octanol–water partition coefficient (Wildman–Crippen LogP) is 6.26. The summed E-state index contributed by atoms with van der Waals surface area (Å²) in [4.78, 5) is 62.5. The number of nitrogens with one attached hydrogen (secondary N) is 1. The number of allylic oxidation sites excluding steroid dienone is 2. The highest BCUT2D eigenvalue weighted by atomic mass is 16.7. The number of benzene rings is 3. The Labute approximate surface area is 359 Å². The molecular formula is C47H55N3O12. The van der Waals surface area contributed by atoms with E-state index in [1.165, 1.54) is 40.2 Å². The van der Waals surface area contributed by atoms with Crippen LogP contribution in [0.1, 0.15) is 69.4 Å². The summed E-state index contributed by atoms with van der Waals surface area (Å²) in [6, 6.07) is 5.57. The molecule has 15 heteroatoms. The lowest BCUT2D eigenvalue weighted by atomic mass is 9.86. The first kappa shape index (κ1) is 44.4. The second kappa shape index (κ2) is 17.3. The van der Waals surface area contributed by atoms with Gasteiger partial charge in [0.05, 0.1) is 35.5 Å². The number of methoxy groups -OCH3 is 1. The first-order valence-electron chi connectivity index (χ1n) is 20.9. The molecule has 1 amide bonds. The van der Waals surface area contributed by atoms with Crippen molar-refractivity contribution in [3.63, 3.8) is 0 Å². The van der Waals surface area contributed by atoms with E-state index in [1.807, 2.05) is 46.2 Å². The second-order valence-corrected chi connectivity index (χ2v) is 17.2. The van der Waals surface area contributed by atoms with E-state index in [-0.39, 0.29) is 61.8 Å². The minimum atomic E-state index is -2.01. The van der Waals surface area contributed by atoms with E-state index in [4.69, 9.17) is 33.1 Å². The Balaban J connectivity index is 1.43. The number of hydrogen-bond donors (Lipinski definition) is 3. The van der Waals surface area contributed by atoms with Crippen LogP contribution < -0.4 is 15.5 Å². The van der Waals surface area contributed by atoms with Crippen LogP contribution in [0.3, 0.4) is 0 Å². The summed E-state index contributed by atoms with van der Waals surface area (Å²) in [7, 11) is 5.47. The molecule has 5 heterocycles. The number of aromatic nitrogens is 1. The maximum atomic E-state index is 14.7. The number of phenols is 1. The zero-order chi connectivity index (χ0) is 44.9. The minimum Gasteiger partial charge on any atom is -0.505 e. The Morgan fingerprint density at radius 2 is 1.79 bits per heavy atom. The highest BCUT2D eigenvalue weighted by Gasteiger charge is 2.51. The molecule has 1 aromatic heterocycles. The van der Waals surface area contributed by atoms with Crippen LogP contribution in [0, 0.1) is 24.7 Å². The fourth-order valence-corrected chi connectivity index (χ4v) is 8.78. The highest BCUT2D eigenvalue weighted by molar-refractivity contribution is 6.26. The van der Waals surface area contributed by atoms with Crippen molar-refractivity contribution in [3.8, 4) is 11.5 Å². The molecule has 8 rings (SSSR count). The number of rotatable bonds is 6. The van der Waals surface area contributed by atoms with Crippen LogP contribution in [0.25, 0.3) is 33.0 Å². The Bertz CT molecular complexity index is 2610. The van der Waals surface area contributed by atoms with Gasteiger partial charge >= 0.3 is 11.8 Å². The quantitative estimate of drug-likeness (QED) is 0.0851. The number of carbonyl (C=O) groups is 3. The number of ketones is 1. The number of nitrogens with zero attached hydrogens (tertiary/aromatic N) is 2. The van der Waals surface area contributed by atoms with Crippen LogP contribution in [-0.2, 0) is 35.0 Å². The molecule has 7 bridgehead atoms. The number of hydrogen-bond acceptors (Lipinski definition) is 14. The van der Waals surface area contributed by atoms with Gasteiger partial charge in [0.25, 0.3) is 11.7 Å². The molecule has 1 fully saturated rings. The van der Waals surface area contributed by atoms with Gasteiger partial charge in [-0.3, -0.25) is 19.2 Å². The number of aliphatic hydroxyl groups is 1. The van der Waals surface area contributed by atoms with Crippen molar-refractivity contribution in [1.82, 2.24) is 9.88 Å². The van der Waals surface area contributed by atoms with Gasteiger partial charge in [0.2, 0.25) is 0 Å². The topological polar surface area (TPSA) is 196 Å². The Hall–Kier alpha value is -5.61. The van der Waals surface area contributed by atoms with Gasteiger partial charge in [-0.1, -0.05) is 45.1 Å². The third-order valence-electron chi connectivity index (χ3n) is 12.3. The number of Topliss-reactive ketones (excluding diaryl/α,β-unsaturated/α-hetero) is 1. The summed E-state index contributed by atoms with van der Waals surface area (Å²) in [5.41, 5.74) is 1.05. The number of carbonyl (C=O) groups excluding carboxylic acids is 3. The van der Waals surface area contributed by atoms with Crippen LogP contribution in [0.2, 0.25) is 0 Å². The van der Waals surface area contributed by atoms with Crippen LogP contribution >= 0.6 is 0 Å². The maximum absolute atomic E-state index is 14.7. The Morgan fingerprint density at radius 1 is 1.05 bits per heavy atom. The van der Waals surface area contributed by atoms with Gasteiger partial charge in [-0.15, -0.1) is 0 Å². The summed E-state index contributed by atoms with van der Waals surface area (Å²) in [6.07, 6.45) is 5.36. The van der Waals surface area contributed by atoms with Crippen LogP contribution in [0.5, 0.6) is 11.5 Å². The first-order valence-corrected chi connectivity index (χ1v) is 20.9.